The maximum Gasteiger partial charge on any atom is 0.348 e. The molecule has 1 aromatic rings. The van der Waals surface area contributed by atoms with E-state index in [9.17, 15) is 14.4 Å². The number of carbonyl (C=O) groups is 3. The Labute approximate surface area is 215 Å². The van der Waals surface area contributed by atoms with Crippen LogP contribution >= 0.6 is 0 Å². The van der Waals surface area contributed by atoms with Crippen LogP contribution in [0.15, 0.2) is 24.3 Å². The minimum absolute atomic E-state index is 0.00802. The maximum atomic E-state index is 12.6. The Balaban J connectivity index is 1.75. The van der Waals surface area contributed by atoms with Gasteiger partial charge >= 0.3 is 11.9 Å². The van der Waals surface area contributed by atoms with Gasteiger partial charge < -0.3 is 18.9 Å². The summed E-state index contributed by atoms with van der Waals surface area (Å²) in [5, 5.41) is 0. The zero-order chi connectivity index (χ0) is 26.2. The number of carbonyl (C=O) groups excluding carboxylic acids is 3. The van der Waals surface area contributed by atoms with Crippen molar-refractivity contribution in [2.24, 2.45) is 11.3 Å². The molecule has 2 rings (SSSR count). The average Bonchev–Trinajstić information content (AvgIpc) is 3.64. The number of benzene rings is 1. The van der Waals surface area contributed by atoms with Gasteiger partial charge in [0.1, 0.15) is 17.8 Å². The van der Waals surface area contributed by atoms with E-state index in [0.29, 0.717) is 13.0 Å². The molecule has 3 unspecified atom stereocenters. The van der Waals surface area contributed by atoms with Crippen molar-refractivity contribution in [3.63, 3.8) is 0 Å². The molecule has 0 aliphatic heterocycles. The molecule has 0 spiro atoms. The first-order valence-corrected chi connectivity index (χ1v) is 13.1. The fourth-order valence-corrected chi connectivity index (χ4v) is 4.16. The number of hydrogen-bond acceptors (Lipinski definition) is 7. The smallest absolute Gasteiger partial charge is 0.348 e. The topological polar surface area (TPSA) is 88.1 Å². The third-order valence-corrected chi connectivity index (χ3v) is 6.44. The van der Waals surface area contributed by atoms with Gasteiger partial charge in [0, 0.05) is 5.92 Å². The van der Waals surface area contributed by atoms with E-state index in [0.717, 1.165) is 17.7 Å². The van der Waals surface area contributed by atoms with Crippen LogP contribution in [-0.2, 0) is 35.2 Å². The van der Waals surface area contributed by atoms with Gasteiger partial charge in [-0.25, -0.2) is 4.79 Å². The molecule has 0 N–H and O–H groups in total. The molecule has 0 heterocycles. The molecule has 0 radical (unpaired) electrons. The van der Waals surface area contributed by atoms with Crippen LogP contribution in [0, 0.1) is 23.7 Å². The molecular formula is C29H40O7. The van der Waals surface area contributed by atoms with Crippen molar-refractivity contribution in [2.75, 3.05) is 13.2 Å². The van der Waals surface area contributed by atoms with Crippen molar-refractivity contribution in [1.29, 1.82) is 0 Å². The highest BCUT2D eigenvalue weighted by molar-refractivity contribution is 5.88. The van der Waals surface area contributed by atoms with Gasteiger partial charge in [-0.3, -0.25) is 9.59 Å². The molecule has 7 heteroatoms. The standard InChI is InChI=1S/C29H40O7/c1-4-7-8-9-10-11-12-13-19-33-24-16-14-23(15-17-24)21-35-27(31)26(36-22-30)25-20-29(25,6-3)28(32)34-18-5-2/h3,14-17,22,25-26H,4-5,7-13,18-21H2,1-2H3. The molecule has 198 valence electrons. The normalized spacial score (nSPS) is 19.0. The van der Waals surface area contributed by atoms with E-state index in [2.05, 4.69) is 12.8 Å². The van der Waals surface area contributed by atoms with E-state index >= 15 is 0 Å². The summed E-state index contributed by atoms with van der Waals surface area (Å²) in [5.41, 5.74) is -0.510. The van der Waals surface area contributed by atoms with E-state index in [1.165, 1.54) is 44.9 Å². The molecule has 36 heavy (non-hydrogen) atoms. The number of esters is 2. The second kappa shape index (κ2) is 15.9. The second-order valence-corrected chi connectivity index (χ2v) is 9.29. The molecule has 0 aromatic heterocycles. The minimum Gasteiger partial charge on any atom is -0.494 e. The van der Waals surface area contributed by atoms with Crippen molar-refractivity contribution in [3.05, 3.63) is 29.8 Å². The monoisotopic (exact) mass is 500 g/mol. The second-order valence-electron chi connectivity index (χ2n) is 9.29. The first kappa shape index (κ1) is 29.2. The molecule has 1 aliphatic rings. The molecule has 1 saturated carbocycles. The summed E-state index contributed by atoms with van der Waals surface area (Å²) in [7, 11) is 0. The lowest BCUT2D eigenvalue weighted by atomic mass is 10.0. The van der Waals surface area contributed by atoms with Crippen LogP contribution in [0.5, 0.6) is 5.75 Å². The lowest BCUT2D eigenvalue weighted by molar-refractivity contribution is -0.165. The highest BCUT2D eigenvalue weighted by atomic mass is 16.6. The molecule has 0 amide bonds. The fraction of sp³-hybridized carbons (Fsp3) is 0.621. The Bertz CT molecular complexity index is 857. The molecule has 0 bridgehead atoms. The average molecular weight is 501 g/mol. The number of hydrogen-bond donors (Lipinski definition) is 0. The zero-order valence-corrected chi connectivity index (χ0v) is 21.7. The summed E-state index contributed by atoms with van der Waals surface area (Å²) in [6.07, 6.45) is 15.1. The molecule has 1 aliphatic carbocycles. The zero-order valence-electron chi connectivity index (χ0n) is 21.7. The van der Waals surface area contributed by atoms with Crippen molar-refractivity contribution in [3.8, 4) is 18.1 Å². The Morgan fingerprint density at radius 2 is 1.67 bits per heavy atom. The van der Waals surface area contributed by atoms with Crippen LogP contribution in [-0.4, -0.2) is 37.7 Å². The Morgan fingerprint density at radius 1 is 1.00 bits per heavy atom. The molecule has 1 aromatic carbocycles. The van der Waals surface area contributed by atoms with Crippen LogP contribution in [0.25, 0.3) is 0 Å². The van der Waals surface area contributed by atoms with Gasteiger partial charge in [0.2, 0.25) is 6.10 Å². The summed E-state index contributed by atoms with van der Waals surface area (Å²) in [6, 6.07) is 7.30. The van der Waals surface area contributed by atoms with Gasteiger partial charge in [-0.05, 0) is 37.0 Å². The van der Waals surface area contributed by atoms with E-state index in [1.54, 1.807) is 0 Å². The SMILES string of the molecule is C#CC1(C(=O)OCCC)CC1C(OC=O)C(=O)OCc1ccc(OCCCCCCCCCC)cc1. The summed E-state index contributed by atoms with van der Waals surface area (Å²) < 4.78 is 21.3. The lowest BCUT2D eigenvalue weighted by Gasteiger charge is -2.17. The van der Waals surface area contributed by atoms with E-state index < -0.39 is 29.4 Å². The van der Waals surface area contributed by atoms with Gasteiger partial charge in [-0.15, -0.1) is 6.42 Å². The summed E-state index contributed by atoms with van der Waals surface area (Å²) in [5.74, 6) is 1.20. The fourth-order valence-electron chi connectivity index (χ4n) is 4.16. The van der Waals surface area contributed by atoms with Crippen molar-refractivity contribution in [1.82, 2.24) is 0 Å². The van der Waals surface area contributed by atoms with Crippen molar-refractivity contribution >= 4 is 18.4 Å². The molecular weight excluding hydrogens is 460 g/mol. The molecule has 0 saturated heterocycles. The molecule has 7 nitrogen and oxygen atoms in total. The van der Waals surface area contributed by atoms with E-state index in [4.69, 9.17) is 25.4 Å². The Kier molecular flexibility index (Phi) is 12.9. The quantitative estimate of drug-likeness (QED) is 0.0828. The molecule has 1 fully saturated rings. The molecule has 3 atom stereocenters. The third kappa shape index (κ3) is 8.89. The van der Waals surface area contributed by atoms with Gasteiger partial charge in [-0.1, -0.05) is 76.8 Å². The van der Waals surface area contributed by atoms with Gasteiger partial charge in [0.15, 0.2) is 0 Å². The lowest BCUT2D eigenvalue weighted by Crippen LogP contribution is -2.33. The van der Waals surface area contributed by atoms with E-state index in [-0.39, 0.29) is 26.1 Å². The highest BCUT2D eigenvalue weighted by Gasteiger charge is 2.66. The minimum atomic E-state index is -1.27. The van der Waals surface area contributed by atoms with Crippen LogP contribution in [0.2, 0.25) is 0 Å². The predicted molar refractivity (Wildman–Crippen MR) is 136 cm³/mol. The van der Waals surface area contributed by atoms with Crippen molar-refractivity contribution in [2.45, 2.75) is 90.8 Å². The highest BCUT2D eigenvalue weighted by Crippen LogP contribution is 2.55. The Hall–Kier alpha value is -3.01. The first-order chi connectivity index (χ1) is 17.5. The Morgan fingerprint density at radius 3 is 2.28 bits per heavy atom. The predicted octanol–water partition coefficient (Wildman–Crippen LogP) is 5.38. The summed E-state index contributed by atoms with van der Waals surface area (Å²) >= 11 is 0. The summed E-state index contributed by atoms with van der Waals surface area (Å²) in [6.45, 7) is 5.16. The number of ether oxygens (including phenoxy) is 4. The van der Waals surface area contributed by atoms with Gasteiger partial charge in [-0.2, -0.15) is 0 Å². The van der Waals surface area contributed by atoms with E-state index in [1.807, 2.05) is 31.2 Å². The number of unbranched alkanes of at least 4 members (excludes halogenated alkanes) is 7. The summed E-state index contributed by atoms with van der Waals surface area (Å²) in [4.78, 5) is 36.0. The van der Waals surface area contributed by atoms with Gasteiger partial charge in [0.05, 0.1) is 13.2 Å². The largest absolute Gasteiger partial charge is 0.494 e. The number of terminal acetylenes is 1. The maximum absolute atomic E-state index is 12.6. The third-order valence-electron chi connectivity index (χ3n) is 6.44. The number of rotatable bonds is 19. The van der Waals surface area contributed by atoms with Crippen LogP contribution in [0.4, 0.5) is 0 Å². The van der Waals surface area contributed by atoms with Crippen LogP contribution in [0.3, 0.4) is 0 Å². The first-order valence-electron chi connectivity index (χ1n) is 13.1. The van der Waals surface area contributed by atoms with Gasteiger partial charge in [0.25, 0.3) is 6.47 Å². The van der Waals surface area contributed by atoms with Crippen LogP contribution < -0.4 is 4.74 Å². The van der Waals surface area contributed by atoms with Crippen LogP contribution in [0.1, 0.15) is 83.6 Å². The van der Waals surface area contributed by atoms with Crippen molar-refractivity contribution < 1.29 is 33.3 Å².